The molecule has 0 unspecified atom stereocenters. The lowest BCUT2D eigenvalue weighted by molar-refractivity contribution is 0.0591. The summed E-state index contributed by atoms with van der Waals surface area (Å²) in [5, 5.41) is 20.8. The zero-order chi connectivity index (χ0) is 27.2. The average molecular weight is 532 g/mol. The van der Waals surface area contributed by atoms with Crippen LogP contribution in [0, 0.1) is 6.92 Å². The number of methoxy groups -OCH3 is 1. The Morgan fingerprint density at radius 1 is 1.05 bits per heavy atom. The molecule has 0 amide bonds. The first-order valence-electron chi connectivity index (χ1n) is 12.0. The highest BCUT2D eigenvalue weighted by Crippen LogP contribution is 2.35. The number of pyridine rings is 2. The van der Waals surface area contributed by atoms with Gasteiger partial charge in [0, 0.05) is 46.4 Å². The Labute approximate surface area is 221 Å². The number of ether oxygens (including phenoxy) is 1. The first-order chi connectivity index (χ1) is 17.9. The van der Waals surface area contributed by atoms with E-state index in [1.54, 1.807) is 32.3 Å². The molecule has 3 aromatic heterocycles. The molecular formula is C28H29N5O4S. The molecule has 196 valence electrons. The van der Waals surface area contributed by atoms with Crippen molar-refractivity contribution in [1.29, 1.82) is 0 Å². The van der Waals surface area contributed by atoms with Crippen molar-refractivity contribution < 1.29 is 18.3 Å². The van der Waals surface area contributed by atoms with Crippen LogP contribution >= 0.6 is 0 Å². The van der Waals surface area contributed by atoms with E-state index >= 15 is 0 Å². The predicted octanol–water partition coefficient (Wildman–Crippen LogP) is 4.88. The summed E-state index contributed by atoms with van der Waals surface area (Å²) >= 11 is 0. The summed E-state index contributed by atoms with van der Waals surface area (Å²) in [6.45, 7) is 5.95. The molecule has 0 bridgehead atoms. The highest BCUT2D eigenvalue weighted by molar-refractivity contribution is 7.90. The molecular weight excluding hydrogens is 502 g/mol. The van der Waals surface area contributed by atoms with E-state index in [1.165, 1.54) is 19.2 Å². The fraction of sp³-hybridized carbons (Fsp3) is 0.250. The quantitative estimate of drug-likeness (QED) is 0.305. The summed E-state index contributed by atoms with van der Waals surface area (Å²) in [6, 6.07) is 12.5. The van der Waals surface area contributed by atoms with Crippen LogP contribution in [0.2, 0.25) is 0 Å². The van der Waals surface area contributed by atoms with Crippen LogP contribution in [-0.4, -0.2) is 52.2 Å². The van der Waals surface area contributed by atoms with Gasteiger partial charge in [0.05, 0.1) is 47.2 Å². The van der Waals surface area contributed by atoms with E-state index < -0.39 is 15.4 Å². The third kappa shape index (κ3) is 4.92. The lowest BCUT2D eigenvalue weighted by atomic mass is 9.98. The van der Waals surface area contributed by atoms with E-state index in [-0.39, 0.29) is 4.90 Å². The molecule has 0 fully saturated rings. The molecule has 0 spiro atoms. The smallest absolute Gasteiger partial charge is 0.175 e. The molecule has 0 aliphatic carbocycles. The second-order valence-electron chi connectivity index (χ2n) is 10.00. The number of nitrogens with one attached hydrogen (secondary N) is 1. The second kappa shape index (κ2) is 9.38. The minimum Gasteiger partial charge on any atom is -0.495 e. The standard InChI is InChI=1S/C28H29N5O4S/c1-17-20(7-9-24-22(17)15-31-33(24)16-28(2,3)34)27-21-13-26(30-14-18(21)10-11-29-27)32-23-8-6-19(38(5,35)36)12-25(23)37-4/h6-15,34H,16H2,1-5H3,(H,30,32). The normalized spacial score (nSPS) is 12.3. The summed E-state index contributed by atoms with van der Waals surface area (Å²) in [6.07, 6.45) is 6.52. The predicted molar refractivity (Wildman–Crippen MR) is 149 cm³/mol. The van der Waals surface area contributed by atoms with Crippen molar-refractivity contribution in [3.63, 3.8) is 0 Å². The largest absolute Gasteiger partial charge is 0.495 e. The van der Waals surface area contributed by atoms with E-state index in [2.05, 4.69) is 15.4 Å². The van der Waals surface area contributed by atoms with Gasteiger partial charge in [-0.05, 0) is 56.7 Å². The summed E-state index contributed by atoms with van der Waals surface area (Å²) in [5.41, 5.74) is 3.47. The van der Waals surface area contributed by atoms with E-state index in [4.69, 9.17) is 9.72 Å². The van der Waals surface area contributed by atoms with Crippen LogP contribution < -0.4 is 10.1 Å². The van der Waals surface area contributed by atoms with Gasteiger partial charge < -0.3 is 15.2 Å². The number of hydrogen-bond acceptors (Lipinski definition) is 8. The highest BCUT2D eigenvalue weighted by atomic mass is 32.2. The molecule has 2 N–H and O–H groups in total. The number of benzene rings is 2. The fourth-order valence-corrected chi connectivity index (χ4v) is 5.17. The number of hydrogen-bond donors (Lipinski definition) is 2. The van der Waals surface area contributed by atoms with Gasteiger partial charge in [-0.25, -0.2) is 13.4 Å². The van der Waals surface area contributed by atoms with Crippen molar-refractivity contribution in [2.45, 2.75) is 37.8 Å². The van der Waals surface area contributed by atoms with Gasteiger partial charge in [-0.3, -0.25) is 9.67 Å². The zero-order valence-corrected chi connectivity index (χ0v) is 22.7. The van der Waals surface area contributed by atoms with Gasteiger partial charge in [0.25, 0.3) is 0 Å². The van der Waals surface area contributed by atoms with E-state index in [0.717, 1.165) is 44.8 Å². The maximum absolute atomic E-state index is 11.9. The number of sulfone groups is 1. The maximum Gasteiger partial charge on any atom is 0.175 e. The Morgan fingerprint density at radius 2 is 1.84 bits per heavy atom. The number of fused-ring (bicyclic) bond motifs is 2. The molecule has 0 aliphatic heterocycles. The Kier molecular flexibility index (Phi) is 6.32. The molecule has 9 nitrogen and oxygen atoms in total. The molecule has 0 aliphatic rings. The van der Waals surface area contributed by atoms with Crippen LogP contribution in [0.1, 0.15) is 19.4 Å². The van der Waals surface area contributed by atoms with Gasteiger partial charge in [-0.2, -0.15) is 5.10 Å². The summed E-state index contributed by atoms with van der Waals surface area (Å²) in [5.74, 6) is 0.958. The molecule has 3 heterocycles. The van der Waals surface area contributed by atoms with Gasteiger partial charge in [-0.1, -0.05) is 6.07 Å². The SMILES string of the molecule is COc1cc(S(C)(=O)=O)ccc1Nc1cc2c(-c3ccc4c(cnn4CC(C)(C)O)c3C)nccc2cn1. The van der Waals surface area contributed by atoms with Crippen molar-refractivity contribution in [3.05, 3.63) is 66.6 Å². The van der Waals surface area contributed by atoms with Gasteiger partial charge in [0.1, 0.15) is 11.6 Å². The van der Waals surface area contributed by atoms with Gasteiger partial charge >= 0.3 is 0 Å². The monoisotopic (exact) mass is 531 g/mol. The third-order valence-electron chi connectivity index (χ3n) is 6.40. The summed E-state index contributed by atoms with van der Waals surface area (Å²) in [7, 11) is -1.88. The first-order valence-corrected chi connectivity index (χ1v) is 13.9. The minimum absolute atomic E-state index is 0.176. The molecule has 10 heteroatoms. The number of nitrogens with zero attached hydrogens (tertiary/aromatic N) is 4. The first kappa shape index (κ1) is 25.6. The number of rotatable bonds is 7. The molecule has 38 heavy (non-hydrogen) atoms. The molecule has 0 atom stereocenters. The van der Waals surface area contributed by atoms with E-state index in [1.807, 2.05) is 42.1 Å². The van der Waals surface area contributed by atoms with Gasteiger partial charge in [0.2, 0.25) is 0 Å². The third-order valence-corrected chi connectivity index (χ3v) is 7.51. The lowest BCUT2D eigenvalue weighted by Crippen LogP contribution is -2.26. The fourth-order valence-electron chi connectivity index (χ4n) is 4.53. The molecule has 5 aromatic rings. The van der Waals surface area contributed by atoms with Crippen LogP contribution in [0.25, 0.3) is 32.9 Å². The van der Waals surface area contributed by atoms with Gasteiger partial charge in [-0.15, -0.1) is 0 Å². The van der Waals surface area contributed by atoms with Crippen molar-refractivity contribution >= 4 is 43.0 Å². The Hall–Kier alpha value is -4.02. The topological polar surface area (TPSA) is 119 Å². The average Bonchev–Trinajstić information content (AvgIpc) is 3.25. The van der Waals surface area contributed by atoms with Crippen LogP contribution in [0.4, 0.5) is 11.5 Å². The lowest BCUT2D eigenvalue weighted by Gasteiger charge is -2.18. The van der Waals surface area contributed by atoms with Crippen molar-refractivity contribution in [1.82, 2.24) is 19.7 Å². The number of aliphatic hydroxyl groups is 1. The molecule has 0 radical (unpaired) electrons. The molecule has 5 rings (SSSR count). The zero-order valence-electron chi connectivity index (χ0n) is 21.8. The van der Waals surface area contributed by atoms with Crippen molar-refractivity contribution in [2.24, 2.45) is 0 Å². The van der Waals surface area contributed by atoms with Crippen molar-refractivity contribution in [3.8, 4) is 17.0 Å². The molecule has 2 aromatic carbocycles. The maximum atomic E-state index is 11.9. The van der Waals surface area contributed by atoms with E-state index in [9.17, 15) is 13.5 Å². The number of aryl methyl sites for hydroxylation is 1. The Morgan fingerprint density at radius 3 is 2.55 bits per heavy atom. The van der Waals surface area contributed by atoms with Crippen LogP contribution in [-0.2, 0) is 16.4 Å². The summed E-state index contributed by atoms with van der Waals surface area (Å²) < 4.78 is 31.1. The van der Waals surface area contributed by atoms with Crippen LogP contribution in [0.5, 0.6) is 5.75 Å². The second-order valence-corrected chi connectivity index (χ2v) is 12.0. The van der Waals surface area contributed by atoms with Gasteiger partial charge in [0.15, 0.2) is 9.84 Å². The van der Waals surface area contributed by atoms with Crippen LogP contribution in [0.3, 0.4) is 0 Å². The molecule has 0 saturated carbocycles. The highest BCUT2D eigenvalue weighted by Gasteiger charge is 2.19. The Balaban J connectivity index is 1.57. The van der Waals surface area contributed by atoms with Crippen LogP contribution in [0.15, 0.2) is 66.0 Å². The molecule has 0 saturated heterocycles. The Bertz CT molecular complexity index is 1790. The van der Waals surface area contributed by atoms with E-state index in [0.29, 0.717) is 23.8 Å². The van der Waals surface area contributed by atoms with Crippen molar-refractivity contribution in [2.75, 3.05) is 18.7 Å². The minimum atomic E-state index is -3.37. The summed E-state index contributed by atoms with van der Waals surface area (Å²) in [4.78, 5) is 9.44. The number of aromatic nitrogens is 4. The number of anilines is 2.